The number of rotatable bonds is 8. The maximum atomic E-state index is 13.0. The molecule has 0 bridgehead atoms. The molecule has 0 aliphatic carbocycles. The van der Waals surface area contributed by atoms with Gasteiger partial charge in [-0.1, -0.05) is 26.0 Å². The predicted molar refractivity (Wildman–Crippen MR) is 122 cm³/mol. The van der Waals surface area contributed by atoms with Crippen molar-refractivity contribution in [2.24, 2.45) is 7.05 Å². The number of imidazole rings is 1. The number of hydrogen-bond donors (Lipinski definition) is 0. The molecule has 0 radical (unpaired) electrons. The molecule has 164 valence electrons. The van der Waals surface area contributed by atoms with Gasteiger partial charge in [-0.05, 0) is 43.5 Å². The van der Waals surface area contributed by atoms with Gasteiger partial charge in [0.1, 0.15) is 11.6 Å². The molecule has 8 nitrogen and oxygen atoms in total. The molecule has 0 aliphatic rings. The van der Waals surface area contributed by atoms with Gasteiger partial charge in [0.2, 0.25) is 0 Å². The smallest absolute Gasteiger partial charge is 0.332 e. The lowest BCUT2D eigenvalue weighted by Crippen LogP contribution is -2.40. The molecule has 0 aliphatic heterocycles. The summed E-state index contributed by atoms with van der Waals surface area (Å²) in [7, 11) is 3.29. The number of methoxy groups -OCH3 is 1. The fraction of sp³-hybridized carbons (Fsp3) is 0.391. The van der Waals surface area contributed by atoms with E-state index in [0.29, 0.717) is 47.8 Å². The average molecular weight is 425 g/mol. The summed E-state index contributed by atoms with van der Waals surface area (Å²) in [5.41, 5.74) is 1.44. The molecule has 2 heterocycles. The number of benzene rings is 1. The summed E-state index contributed by atoms with van der Waals surface area (Å²) in [5.74, 6) is 0.980. The monoisotopic (exact) mass is 424 g/mol. The zero-order chi connectivity index (χ0) is 22.7. The molecule has 3 rings (SSSR count). The van der Waals surface area contributed by atoms with Gasteiger partial charge in [0.25, 0.3) is 5.56 Å². The standard InChI is InChI=1S/C23H28N4O4/c1-6-12-26-21-20(22(29)27(13-7-2)23(26)30)25(4)19(24-21)11-9-16-8-10-18(31-5)17(14-16)15(3)28/h8-11,14H,6-7,12-13H2,1-5H3. The number of Topliss-reactive ketones (excluding diaryl/α,β-unsaturated/α-hetero) is 1. The van der Waals surface area contributed by atoms with Gasteiger partial charge in [-0.3, -0.25) is 18.7 Å². The second-order valence-corrected chi connectivity index (χ2v) is 7.44. The molecule has 3 aromatic rings. The topological polar surface area (TPSA) is 88.1 Å². The van der Waals surface area contributed by atoms with Gasteiger partial charge in [0.05, 0.1) is 12.7 Å². The van der Waals surface area contributed by atoms with E-state index >= 15 is 0 Å². The first-order valence-electron chi connectivity index (χ1n) is 10.4. The minimum Gasteiger partial charge on any atom is -0.496 e. The van der Waals surface area contributed by atoms with Gasteiger partial charge >= 0.3 is 5.69 Å². The van der Waals surface area contributed by atoms with Crippen molar-refractivity contribution in [2.45, 2.75) is 46.7 Å². The molecule has 0 N–H and O–H groups in total. The summed E-state index contributed by atoms with van der Waals surface area (Å²) < 4.78 is 9.82. The van der Waals surface area contributed by atoms with Crippen LogP contribution in [0.4, 0.5) is 0 Å². The van der Waals surface area contributed by atoms with E-state index < -0.39 is 0 Å². The van der Waals surface area contributed by atoms with E-state index in [0.717, 1.165) is 12.0 Å². The zero-order valence-electron chi connectivity index (χ0n) is 18.6. The molecular formula is C23H28N4O4. The Morgan fingerprint density at radius 1 is 1.10 bits per heavy atom. The number of carbonyl (C=O) groups excluding carboxylic acids is 1. The Morgan fingerprint density at radius 2 is 1.77 bits per heavy atom. The highest BCUT2D eigenvalue weighted by Gasteiger charge is 2.18. The number of hydrogen-bond acceptors (Lipinski definition) is 5. The normalized spacial score (nSPS) is 11.5. The lowest BCUT2D eigenvalue weighted by atomic mass is 10.1. The summed E-state index contributed by atoms with van der Waals surface area (Å²) in [4.78, 5) is 42.3. The van der Waals surface area contributed by atoms with Gasteiger partial charge in [-0.25, -0.2) is 9.78 Å². The van der Waals surface area contributed by atoms with Crippen LogP contribution in [0.15, 0.2) is 27.8 Å². The molecule has 31 heavy (non-hydrogen) atoms. The third kappa shape index (κ3) is 4.10. The maximum Gasteiger partial charge on any atom is 0.332 e. The minimum atomic E-state index is -0.327. The maximum absolute atomic E-state index is 13.0. The second-order valence-electron chi connectivity index (χ2n) is 7.44. The van der Waals surface area contributed by atoms with E-state index in [1.165, 1.54) is 18.6 Å². The molecule has 0 atom stereocenters. The van der Waals surface area contributed by atoms with E-state index in [-0.39, 0.29) is 17.0 Å². The summed E-state index contributed by atoms with van der Waals surface area (Å²) in [6.07, 6.45) is 5.03. The van der Waals surface area contributed by atoms with Crippen LogP contribution in [0.1, 0.15) is 55.4 Å². The molecule has 0 saturated heterocycles. The van der Waals surface area contributed by atoms with Gasteiger partial charge in [-0.15, -0.1) is 0 Å². The Hall–Kier alpha value is -3.42. The summed E-state index contributed by atoms with van der Waals surface area (Å²) in [5, 5.41) is 0. The van der Waals surface area contributed by atoms with Crippen molar-refractivity contribution in [2.75, 3.05) is 7.11 Å². The van der Waals surface area contributed by atoms with Crippen LogP contribution >= 0.6 is 0 Å². The molecule has 0 fully saturated rings. The minimum absolute atomic E-state index is 0.0881. The van der Waals surface area contributed by atoms with Gasteiger partial charge < -0.3 is 9.30 Å². The highest BCUT2D eigenvalue weighted by atomic mass is 16.5. The van der Waals surface area contributed by atoms with Crippen LogP contribution in [-0.2, 0) is 20.1 Å². The van der Waals surface area contributed by atoms with Crippen molar-refractivity contribution in [1.29, 1.82) is 0 Å². The van der Waals surface area contributed by atoms with E-state index in [1.807, 2.05) is 26.0 Å². The van der Waals surface area contributed by atoms with Crippen molar-refractivity contribution in [3.8, 4) is 5.75 Å². The fourth-order valence-electron chi connectivity index (χ4n) is 3.65. The first-order valence-corrected chi connectivity index (χ1v) is 10.4. The zero-order valence-corrected chi connectivity index (χ0v) is 18.6. The molecule has 8 heteroatoms. The van der Waals surface area contributed by atoms with Crippen molar-refractivity contribution >= 4 is 29.1 Å². The van der Waals surface area contributed by atoms with E-state index in [4.69, 9.17) is 4.74 Å². The van der Waals surface area contributed by atoms with Crippen LogP contribution in [0.25, 0.3) is 23.3 Å². The van der Waals surface area contributed by atoms with E-state index in [1.54, 1.807) is 34.4 Å². The van der Waals surface area contributed by atoms with Crippen molar-refractivity contribution < 1.29 is 9.53 Å². The summed E-state index contributed by atoms with van der Waals surface area (Å²) in [6.45, 7) is 6.26. The predicted octanol–water partition coefficient (Wildman–Crippen LogP) is 3.10. The number of nitrogens with zero attached hydrogens (tertiary/aromatic N) is 4. The molecule has 0 spiro atoms. The third-order valence-electron chi connectivity index (χ3n) is 5.20. The Labute approximate surface area is 180 Å². The Balaban J connectivity index is 2.15. The number of ketones is 1. The summed E-state index contributed by atoms with van der Waals surface area (Å²) in [6, 6.07) is 5.33. The molecule has 0 saturated carbocycles. The highest BCUT2D eigenvalue weighted by molar-refractivity contribution is 5.97. The Morgan fingerprint density at radius 3 is 2.39 bits per heavy atom. The first kappa shape index (κ1) is 22.3. The Kier molecular flexibility index (Phi) is 6.58. The lowest BCUT2D eigenvalue weighted by Gasteiger charge is -2.10. The highest BCUT2D eigenvalue weighted by Crippen LogP contribution is 2.22. The quantitative estimate of drug-likeness (QED) is 0.519. The number of ether oxygens (including phenoxy) is 1. The van der Waals surface area contributed by atoms with E-state index in [2.05, 4.69) is 4.98 Å². The number of carbonyl (C=O) groups is 1. The number of aromatic nitrogens is 4. The molecule has 0 unspecified atom stereocenters. The molecule has 0 amide bonds. The third-order valence-corrected chi connectivity index (χ3v) is 5.20. The van der Waals surface area contributed by atoms with Crippen LogP contribution in [0, 0.1) is 0 Å². The largest absolute Gasteiger partial charge is 0.496 e. The Bertz CT molecular complexity index is 1280. The number of aryl methyl sites for hydroxylation is 2. The van der Waals surface area contributed by atoms with Crippen LogP contribution < -0.4 is 16.0 Å². The van der Waals surface area contributed by atoms with Gasteiger partial charge in [-0.2, -0.15) is 0 Å². The van der Waals surface area contributed by atoms with Crippen molar-refractivity contribution in [3.63, 3.8) is 0 Å². The number of fused-ring (bicyclic) bond motifs is 1. The second kappa shape index (κ2) is 9.16. The van der Waals surface area contributed by atoms with Crippen LogP contribution in [-0.4, -0.2) is 31.6 Å². The first-order chi connectivity index (χ1) is 14.8. The van der Waals surface area contributed by atoms with Crippen LogP contribution in [0.2, 0.25) is 0 Å². The fourth-order valence-corrected chi connectivity index (χ4v) is 3.65. The molecule has 2 aromatic heterocycles. The molecular weight excluding hydrogens is 396 g/mol. The lowest BCUT2D eigenvalue weighted by molar-refractivity contribution is 0.101. The SMILES string of the molecule is CCCn1c(=O)c2c(nc(C=Cc3ccc(OC)c(C(C)=O)c3)n2C)n(CCC)c1=O. The van der Waals surface area contributed by atoms with Crippen molar-refractivity contribution in [1.82, 2.24) is 18.7 Å². The van der Waals surface area contributed by atoms with Crippen LogP contribution in [0.5, 0.6) is 5.75 Å². The van der Waals surface area contributed by atoms with Crippen LogP contribution in [0.3, 0.4) is 0 Å². The summed E-state index contributed by atoms with van der Waals surface area (Å²) >= 11 is 0. The molecule has 1 aromatic carbocycles. The van der Waals surface area contributed by atoms with Gasteiger partial charge in [0.15, 0.2) is 16.9 Å². The van der Waals surface area contributed by atoms with Crippen molar-refractivity contribution in [3.05, 3.63) is 56.0 Å². The average Bonchev–Trinajstić information content (AvgIpc) is 3.08. The van der Waals surface area contributed by atoms with Gasteiger partial charge in [0, 0.05) is 20.1 Å². The van der Waals surface area contributed by atoms with E-state index in [9.17, 15) is 14.4 Å².